The quantitative estimate of drug-likeness (QED) is 0.789. The van der Waals surface area contributed by atoms with Crippen molar-refractivity contribution in [3.05, 3.63) is 35.3 Å². The third kappa shape index (κ3) is 3.96. The minimum absolute atomic E-state index is 0.0293. The van der Waals surface area contributed by atoms with Gasteiger partial charge in [0.15, 0.2) is 0 Å². The lowest BCUT2D eigenvalue weighted by molar-refractivity contribution is 0.0788. The number of rotatable bonds is 6. The van der Waals surface area contributed by atoms with Gasteiger partial charge in [-0.05, 0) is 25.8 Å². The van der Waals surface area contributed by atoms with E-state index in [4.69, 9.17) is 10.00 Å². The predicted octanol–water partition coefficient (Wildman–Crippen LogP) is 2.91. The van der Waals surface area contributed by atoms with Gasteiger partial charge >= 0.3 is 0 Å². The fraction of sp³-hybridized carbons (Fsp3) is 0.368. The molecule has 0 bridgehead atoms. The van der Waals surface area contributed by atoms with Crippen LogP contribution in [-0.4, -0.2) is 47.5 Å². The van der Waals surface area contributed by atoms with Crippen molar-refractivity contribution in [2.75, 3.05) is 37.4 Å². The molecular weight excluding hydrogens is 363 g/mol. The normalized spacial score (nSPS) is 13.1. The summed E-state index contributed by atoms with van der Waals surface area (Å²) >= 11 is 0. The van der Waals surface area contributed by atoms with Crippen molar-refractivity contribution >= 4 is 23.4 Å². The minimum atomic E-state index is -0.652. The number of methoxy groups -OCH3 is 1. The van der Waals surface area contributed by atoms with Gasteiger partial charge in [-0.15, -0.1) is 0 Å². The van der Waals surface area contributed by atoms with Crippen LogP contribution in [-0.2, 0) is 0 Å². The fourth-order valence-corrected chi connectivity index (χ4v) is 3.02. The summed E-state index contributed by atoms with van der Waals surface area (Å²) in [6.45, 7) is 3.72. The van der Waals surface area contributed by atoms with Gasteiger partial charge in [0.05, 0.1) is 24.6 Å². The van der Waals surface area contributed by atoms with Gasteiger partial charge in [0.2, 0.25) is 5.95 Å². The second-order valence-electron chi connectivity index (χ2n) is 6.25. The number of likely N-dealkylation sites (tertiary alicyclic amines) is 1. The van der Waals surface area contributed by atoms with Gasteiger partial charge in [-0.3, -0.25) is 4.79 Å². The highest BCUT2D eigenvalue weighted by atomic mass is 19.1. The van der Waals surface area contributed by atoms with Crippen molar-refractivity contribution in [3.8, 4) is 11.8 Å². The Balaban J connectivity index is 1.90. The number of hydrogen-bond donors (Lipinski definition) is 2. The maximum absolute atomic E-state index is 14.7. The van der Waals surface area contributed by atoms with Crippen molar-refractivity contribution in [1.82, 2.24) is 14.9 Å². The average Bonchev–Trinajstić information content (AvgIpc) is 3.23. The van der Waals surface area contributed by atoms with E-state index in [2.05, 4.69) is 20.6 Å². The standard InChI is InChI=1S/C19H21FN6O2/c1-3-22-17-12(10-21)11-23-19(25-17)24-15-9-14(20)13(8-16(15)28-2)18(27)26-6-4-5-7-26/h8-9,11H,3-7H2,1-2H3,(H2,22,23,24,25). The van der Waals surface area contributed by atoms with Crippen molar-refractivity contribution in [1.29, 1.82) is 5.26 Å². The second kappa shape index (κ2) is 8.52. The highest BCUT2D eigenvalue weighted by Crippen LogP contribution is 2.31. The van der Waals surface area contributed by atoms with E-state index in [0.717, 1.165) is 12.8 Å². The number of halogens is 1. The Kier molecular flexibility index (Phi) is 5.89. The van der Waals surface area contributed by atoms with Crippen LogP contribution in [0.4, 0.5) is 21.8 Å². The van der Waals surface area contributed by atoms with Crippen molar-refractivity contribution in [2.24, 2.45) is 0 Å². The number of nitriles is 1. The van der Waals surface area contributed by atoms with Crippen molar-refractivity contribution in [3.63, 3.8) is 0 Å². The SMILES string of the molecule is CCNc1nc(Nc2cc(F)c(C(=O)N3CCCC3)cc2OC)ncc1C#N. The minimum Gasteiger partial charge on any atom is -0.495 e. The summed E-state index contributed by atoms with van der Waals surface area (Å²) in [5, 5.41) is 15.0. The highest BCUT2D eigenvalue weighted by molar-refractivity contribution is 5.96. The molecule has 0 aliphatic carbocycles. The monoisotopic (exact) mass is 384 g/mol. The number of carbonyl (C=O) groups is 1. The van der Waals surface area contributed by atoms with Crippen LogP contribution in [0.3, 0.4) is 0 Å². The Labute approximate surface area is 162 Å². The summed E-state index contributed by atoms with van der Waals surface area (Å²) in [6.07, 6.45) is 3.23. The van der Waals surface area contributed by atoms with Crippen LogP contribution in [0.5, 0.6) is 5.75 Å². The number of carbonyl (C=O) groups excluding carboxylic acids is 1. The summed E-state index contributed by atoms with van der Waals surface area (Å²) in [5.41, 5.74) is 0.556. The van der Waals surface area contributed by atoms with Crippen LogP contribution in [0, 0.1) is 17.1 Å². The summed E-state index contributed by atoms with van der Waals surface area (Å²) in [4.78, 5) is 22.5. The van der Waals surface area contributed by atoms with E-state index in [1.807, 2.05) is 13.0 Å². The van der Waals surface area contributed by atoms with Crippen LogP contribution < -0.4 is 15.4 Å². The second-order valence-corrected chi connectivity index (χ2v) is 6.25. The average molecular weight is 384 g/mol. The van der Waals surface area contributed by atoms with Crippen LogP contribution in [0.15, 0.2) is 18.3 Å². The molecule has 0 saturated carbocycles. The van der Waals surface area contributed by atoms with Gasteiger partial charge in [0, 0.05) is 25.7 Å². The van der Waals surface area contributed by atoms with Gasteiger partial charge in [0.25, 0.3) is 5.91 Å². The molecule has 0 unspecified atom stereocenters. The maximum Gasteiger partial charge on any atom is 0.256 e. The molecule has 146 valence electrons. The molecular formula is C19H21FN6O2. The number of hydrogen-bond acceptors (Lipinski definition) is 7. The maximum atomic E-state index is 14.7. The molecule has 8 nitrogen and oxygen atoms in total. The third-order valence-electron chi connectivity index (χ3n) is 4.41. The van der Waals surface area contributed by atoms with Gasteiger partial charge in [0.1, 0.15) is 29.0 Å². The Morgan fingerprint density at radius 3 is 2.79 bits per heavy atom. The summed E-state index contributed by atoms with van der Waals surface area (Å²) in [6, 6.07) is 4.58. The topological polar surface area (TPSA) is 103 Å². The lowest BCUT2D eigenvalue weighted by Crippen LogP contribution is -2.28. The van der Waals surface area contributed by atoms with Gasteiger partial charge < -0.3 is 20.3 Å². The molecule has 1 aromatic heterocycles. The first-order valence-electron chi connectivity index (χ1n) is 9.02. The van der Waals surface area contributed by atoms with Crippen LogP contribution in [0.25, 0.3) is 0 Å². The largest absolute Gasteiger partial charge is 0.495 e. The highest BCUT2D eigenvalue weighted by Gasteiger charge is 2.24. The molecule has 2 aromatic rings. The van der Waals surface area contributed by atoms with E-state index in [9.17, 15) is 9.18 Å². The van der Waals surface area contributed by atoms with Crippen LogP contribution in [0.1, 0.15) is 35.7 Å². The van der Waals surface area contributed by atoms with Gasteiger partial charge in [-0.1, -0.05) is 0 Å². The van der Waals surface area contributed by atoms with E-state index in [1.54, 1.807) is 4.90 Å². The van der Waals surface area contributed by atoms with E-state index >= 15 is 0 Å². The molecule has 28 heavy (non-hydrogen) atoms. The Bertz CT molecular complexity index is 921. The van der Waals surface area contributed by atoms with Crippen LogP contribution in [0.2, 0.25) is 0 Å². The summed E-state index contributed by atoms with van der Waals surface area (Å²) < 4.78 is 20.0. The lowest BCUT2D eigenvalue weighted by Gasteiger charge is -2.18. The van der Waals surface area contributed by atoms with Gasteiger partial charge in [-0.25, -0.2) is 9.37 Å². The lowest BCUT2D eigenvalue weighted by atomic mass is 10.1. The molecule has 2 N–H and O–H groups in total. The number of benzene rings is 1. The van der Waals surface area contributed by atoms with E-state index in [0.29, 0.717) is 36.8 Å². The molecule has 0 atom stereocenters. The number of nitrogens with zero attached hydrogens (tertiary/aromatic N) is 4. The number of ether oxygens (including phenoxy) is 1. The predicted molar refractivity (Wildman–Crippen MR) is 102 cm³/mol. The zero-order chi connectivity index (χ0) is 20.1. The molecule has 9 heteroatoms. The van der Waals surface area contributed by atoms with Gasteiger partial charge in [-0.2, -0.15) is 10.2 Å². The molecule has 1 fully saturated rings. The summed E-state index contributed by atoms with van der Waals surface area (Å²) in [5.74, 6) is -0.152. The number of amides is 1. The van der Waals surface area contributed by atoms with Crippen molar-refractivity contribution < 1.29 is 13.9 Å². The van der Waals surface area contributed by atoms with Crippen LogP contribution >= 0.6 is 0 Å². The first-order chi connectivity index (χ1) is 13.6. The van der Waals surface area contributed by atoms with E-state index in [-0.39, 0.29) is 23.1 Å². The Morgan fingerprint density at radius 1 is 1.39 bits per heavy atom. The molecule has 1 aliphatic rings. The summed E-state index contributed by atoms with van der Waals surface area (Å²) in [7, 11) is 1.44. The first kappa shape index (κ1) is 19.4. The molecule has 3 rings (SSSR count). The molecule has 1 aliphatic heterocycles. The smallest absolute Gasteiger partial charge is 0.256 e. The molecule has 1 saturated heterocycles. The van der Waals surface area contributed by atoms with Crippen molar-refractivity contribution in [2.45, 2.75) is 19.8 Å². The first-order valence-corrected chi connectivity index (χ1v) is 9.02. The Morgan fingerprint density at radius 2 is 2.14 bits per heavy atom. The third-order valence-corrected chi connectivity index (χ3v) is 4.41. The zero-order valence-electron chi connectivity index (χ0n) is 15.8. The number of aromatic nitrogens is 2. The molecule has 1 amide bonds. The van der Waals surface area contributed by atoms with E-state index in [1.165, 1.54) is 25.4 Å². The molecule has 0 spiro atoms. The molecule has 0 radical (unpaired) electrons. The number of anilines is 3. The molecule has 1 aromatic carbocycles. The van der Waals surface area contributed by atoms with E-state index < -0.39 is 5.82 Å². The Hall–Kier alpha value is -3.41. The fourth-order valence-electron chi connectivity index (χ4n) is 3.02. The molecule has 2 heterocycles. The number of nitrogens with one attached hydrogen (secondary N) is 2. The zero-order valence-corrected chi connectivity index (χ0v) is 15.8.